The van der Waals surface area contributed by atoms with Gasteiger partial charge < -0.3 is 33.8 Å². The molecule has 0 aromatic rings. The molecule has 0 aromatic heterocycles. The molecule has 0 saturated carbocycles. The monoisotopic (exact) mass is 1440 g/mol. The summed E-state index contributed by atoms with van der Waals surface area (Å²) in [6.07, 6.45) is 65.0. The van der Waals surface area contributed by atoms with Crippen molar-refractivity contribution in [1.82, 2.24) is 0 Å². The van der Waals surface area contributed by atoms with Crippen molar-refractivity contribution in [3.8, 4) is 0 Å². The second kappa shape index (κ2) is 73.4. The normalized spacial score (nSPS) is 13.8. The molecule has 0 radical (unpaired) electrons. The third-order valence-corrected chi connectivity index (χ3v) is 20.5. The van der Waals surface area contributed by atoms with Crippen LogP contribution in [-0.4, -0.2) is 96.7 Å². The number of carbonyl (C=O) groups is 4. The van der Waals surface area contributed by atoms with E-state index in [2.05, 4.69) is 27.7 Å². The largest absolute Gasteiger partial charge is 0.472 e. The number of hydrogen-bond donors (Lipinski definition) is 3. The fourth-order valence-electron chi connectivity index (χ4n) is 12.3. The lowest BCUT2D eigenvalue weighted by Gasteiger charge is -2.21. The summed E-state index contributed by atoms with van der Waals surface area (Å²) in [6, 6.07) is 0. The summed E-state index contributed by atoms with van der Waals surface area (Å²) in [5.41, 5.74) is 0. The summed E-state index contributed by atoms with van der Waals surface area (Å²) >= 11 is 0. The first-order chi connectivity index (χ1) is 47.7. The van der Waals surface area contributed by atoms with Gasteiger partial charge in [-0.05, 0) is 25.7 Å². The van der Waals surface area contributed by atoms with E-state index in [9.17, 15) is 43.2 Å². The molecule has 0 aliphatic rings. The zero-order valence-electron chi connectivity index (χ0n) is 63.8. The van der Waals surface area contributed by atoms with Crippen LogP contribution < -0.4 is 0 Å². The van der Waals surface area contributed by atoms with Gasteiger partial charge >= 0.3 is 39.5 Å². The SMILES string of the molecule is CCCCCCCCCCCCCCCCCCCCC(=O)O[C@H](COC(=O)CCCCCCCCCCCCCCCCCC)COP(=O)(O)OC[C@@H](O)COP(=O)(O)OC[C@@H](COC(=O)CCCCCCCCCCCCCC)OC(=O)CCCCCCCCCCCCCC. The Morgan fingerprint density at radius 2 is 0.408 bits per heavy atom. The Morgan fingerprint density at radius 3 is 0.602 bits per heavy atom. The average Bonchev–Trinajstić information content (AvgIpc) is 1.05. The molecule has 0 saturated heterocycles. The molecule has 0 aromatic carbocycles. The van der Waals surface area contributed by atoms with Gasteiger partial charge in [-0.2, -0.15) is 0 Å². The number of aliphatic hydroxyl groups excluding tert-OH is 1. The molecular formula is C79H154O17P2. The maximum atomic E-state index is 13.1. The van der Waals surface area contributed by atoms with E-state index in [1.54, 1.807) is 0 Å². The molecule has 0 spiro atoms. The lowest BCUT2D eigenvalue weighted by molar-refractivity contribution is -0.161. The third kappa shape index (κ3) is 72.4. The van der Waals surface area contributed by atoms with Crippen molar-refractivity contribution < 1.29 is 80.2 Å². The van der Waals surface area contributed by atoms with Gasteiger partial charge in [0.15, 0.2) is 12.2 Å². The average molecular weight is 1440 g/mol. The van der Waals surface area contributed by atoms with Crippen molar-refractivity contribution in [3.05, 3.63) is 0 Å². The third-order valence-electron chi connectivity index (χ3n) is 18.6. The molecular weight excluding hydrogens is 1280 g/mol. The first-order valence-electron chi connectivity index (χ1n) is 41.3. The molecule has 0 aliphatic carbocycles. The topological polar surface area (TPSA) is 237 Å². The second-order valence-electron chi connectivity index (χ2n) is 28.5. The van der Waals surface area contributed by atoms with Gasteiger partial charge in [-0.15, -0.1) is 0 Å². The Hall–Kier alpha value is -1.94. The van der Waals surface area contributed by atoms with Gasteiger partial charge in [-0.1, -0.05) is 374 Å². The Balaban J connectivity index is 5.24. The number of carbonyl (C=O) groups excluding carboxylic acids is 4. The van der Waals surface area contributed by atoms with Gasteiger partial charge in [0.2, 0.25) is 0 Å². The first kappa shape index (κ1) is 96.1. The number of phosphoric acid groups is 2. The van der Waals surface area contributed by atoms with Crippen LogP contribution >= 0.6 is 15.6 Å². The molecule has 0 heterocycles. The lowest BCUT2D eigenvalue weighted by Crippen LogP contribution is -2.30. The number of unbranched alkanes of at least 4 members (excludes halogenated alkanes) is 54. The number of ether oxygens (including phenoxy) is 4. The number of hydrogen-bond acceptors (Lipinski definition) is 15. The van der Waals surface area contributed by atoms with Gasteiger partial charge in [0.25, 0.3) is 0 Å². The molecule has 19 heteroatoms. The summed E-state index contributed by atoms with van der Waals surface area (Å²) in [6.45, 7) is 5.02. The molecule has 98 heavy (non-hydrogen) atoms. The number of rotatable bonds is 80. The highest BCUT2D eigenvalue weighted by Crippen LogP contribution is 2.45. The first-order valence-corrected chi connectivity index (χ1v) is 44.3. The fourth-order valence-corrected chi connectivity index (χ4v) is 13.9. The minimum atomic E-state index is -4.96. The highest BCUT2D eigenvalue weighted by molar-refractivity contribution is 7.47. The van der Waals surface area contributed by atoms with Crippen LogP contribution in [0, 0.1) is 0 Å². The van der Waals surface area contributed by atoms with Crippen LogP contribution in [0.4, 0.5) is 0 Å². The van der Waals surface area contributed by atoms with Gasteiger partial charge in [0.1, 0.15) is 19.3 Å². The number of aliphatic hydroxyl groups is 1. The van der Waals surface area contributed by atoms with Gasteiger partial charge in [0.05, 0.1) is 26.4 Å². The maximum absolute atomic E-state index is 13.1. The Labute approximate surface area is 600 Å². The van der Waals surface area contributed by atoms with Crippen molar-refractivity contribution in [3.63, 3.8) is 0 Å². The minimum absolute atomic E-state index is 0.108. The number of phosphoric ester groups is 2. The zero-order valence-corrected chi connectivity index (χ0v) is 65.6. The van der Waals surface area contributed by atoms with Crippen LogP contribution in [0.5, 0.6) is 0 Å². The van der Waals surface area contributed by atoms with Crippen LogP contribution in [-0.2, 0) is 65.4 Å². The van der Waals surface area contributed by atoms with E-state index in [-0.39, 0.29) is 25.7 Å². The maximum Gasteiger partial charge on any atom is 0.472 e. The summed E-state index contributed by atoms with van der Waals surface area (Å²) in [7, 11) is -9.91. The van der Waals surface area contributed by atoms with E-state index in [0.717, 1.165) is 89.9 Å². The summed E-state index contributed by atoms with van der Waals surface area (Å²) in [4.78, 5) is 73.0. The van der Waals surface area contributed by atoms with Crippen molar-refractivity contribution >= 4 is 39.5 Å². The predicted molar refractivity (Wildman–Crippen MR) is 400 cm³/mol. The van der Waals surface area contributed by atoms with E-state index >= 15 is 0 Å². The quantitative estimate of drug-likeness (QED) is 0.0222. The lowest BCUT2D eigenvalue weighted by atomic mass is 10.0. The standard InChI is InChI=1S/C79H154O17P2/c1-5-9-13-17-21-25-29-33-35-37-38-40-42-46-50-54-58-62-66-79(84)96-75(70-90-77(82)64-60-56-52-48-45-41-39-36-34-30-26-22-18-14-10-6-2)72-94-98(87,88)92-68-73(80)67-91-97(85,86)93-71-74(95-78(83)65-61-57-53-49-44-32-28-24-20-16-12-8-4)69-89-76(81)63-59-55-51-47-43-31-27-23-19-15-11-7-3/h73-75,80H,5-72H2,1-4H3,(H,85,86)(H,87,88)/t73-,74+,75+/m0/s1. The van der Waals surface area contributed by atoms with E-state index in [1.165, 1.54) is 257 Å². The van der Waals surface area contributed by atoms with Gasteiger partial charge in [0, 0.05) is 25.7 Å². The fraction of sp³-hybridized carbons (Fsp3) is 0.949. The Bertz CT molecular complexity index is 1860. The predicted octanol–water partition coefficient (Wildman–Crippen LogP) is 23.8. The van der Waals surface area contributed by atoms with Crippen LogP contribution in [0.2, 0.25) is 0 Å². The summed E-state index contributed by atoms with van der Waals surface area (Å²) < 4.78 is 68.7. The highest BCUT2D eigenvalue weighted by Gasteiger charge is 2.30. The zero-order chi connectivity index (χ0) is 71.8. The van der Waals surface area contributed by atoms with Crippen LogP contribution in [0.25, 0.3) is 0 Å². The molecule has 0 rings (SSSR count). The van der Waals surface area contributed by atoms with Crippen molar-refractivity contribution in [2.45, 2.75) is 444 Å². The van der Waals surface area contributed by atoms with Crippen LogP contribution in [0.1, 0.15) is 426 Å². The van der Waals surface area contributed by atoms with E-state index < -0.39 is 97.5 Å². The molecule has 2 unspecified atom stereocenters. The molecule has 0 amide bonds. The van der Waals surface area contributed by atoms with Crippen molar-refractivity contribution in [2.75, 3.05) is 39.6 Å². The molecule has 0 bridgehead atoms. The number of esters is 4. The molecule has 0 aliphatic heterocycles. The smallest absolute Gasteiger partial charge is 0.462 e. The highest BCUT2D eigenvalue weighted by atomic mass is 31.2. The van der Waals surface area contributed by atoms with E-state index in [1.807, 2.05) is 0 Å². The van der Waals surface area contributed by atoms with Gasteiger partial charge in [-0.3, -0.25) is 37.3 Å². The Morgan fingerprint density at radius 1 is 0.245 bits per heavy atom. The van der Waals surface area contributed by atoms with Crippen LogP contribution in [0.3, 0.4) is 0 Å². The minimum Gasteiger partial charge on any atom is -0.462 e. The van der Waals surface area contributed by atoms with Gasteiger partial charge in [-0.25, -0.2) is 9.13 Å². The van der Waals surface area contributed by atoms with Crippen molar-refractivity contribution in [2.24, 2.45) is 0 Å². The molecule has 582 valence electrons. The summed E-state index contributed by atoms with van der Waals surface area (Å²) in [5.74, 6) is -2.10. The molecule has 5 atom stereocenters. The van der Waals surface area contributed by atoms with E-state index in [4.69, 9.17) is 37.0 Å². The second-order valence-corrected chi connectivity index (χ2v) is 31.4. The molecule has 0 fully saturated rings. The van der Waals surface area contributed by atoms with Crippen molar-refractivity contribution in [1.29, 1.82) is 0 Å². The summed E-state index contributed by atoms with van der Waals surface area (Å²) in [5, 5.41) is 10.6. The van der Waals surface area contributed by atoms with Crippen LogP contribution in [0.15, 0.2) is 0 Å². The Kier molecular flexibility index (Phi) is 71.9. The molecule has 17 nitrogen and oxygen atoms in total. The molecule has 3 N–H and O–H groups in total. The van der Waals surface area contributed by atoms with E-state index in [0.29, 0.717) is 25.7 Å².